The van der Waals surface area contributed by atoms with Crippen LogP contribution in [0.5, 0.6) is 0 Å². The second-order valence-electron chi connectivity index (χ2n) is 3.09. The van der Waals surface area contributed by atoms with Crippen LogP contribution in [0, 0.1) is 0 Å². The molecular weight excluding hydrogens is 200 g/mol. The van der Waals surface area contributed by atoms with E-state index in [1.165, 1.54) is 0 Å². The number of ether oxygens (including phenoxy) is 4. The molecule has 0 rings (SSSR count). The maximum atomic E-state index is 11.2. The summed E-state index contributed by atoms with van der Waals surface area (Å²) in [7, 11) is 3.16. The predicted molar refractivity (Wildman–Crippen MR) is 54.7 cm³/mol. The number of hydrogen-bond acceptors (Lipinski definition) is 5. The van der Waals surface area contributed by atoms with Crippen LogP contribution < -0.4 is 0 Å². The molecule has 5 nitrogen and oxygen atoms in total. The van der Waals surface area contributed by atoms with Crippen LogP contribution in [0.25, 0.3) is 0 Å². The van der Waals surface area contributed by atoms with Gasteiger partial charge < -0.3 is 18.9 Å². The number of hydrogen-bond donors (Lipinski definition) is 0. The van der Waals surface area contributed by atoms with E-state index in [1.54, 1.807) is 14.2 Å². The zero-order valence-electron chi connectivity index (χ0n) is 9.65. The smallest absolute Gasteiger partial charge is 0.308 e. The van der Waals surface area contributed by atoms with Gasteiger partial charge in [0.1, 0.15) is 6.61 Å². The summed E-state index contributed by atoms with van der Waals surface area (Å²) in [6.07, 6.45) is 0.114. The van der Waals surface area contributed by atoms with Crippen molar-refractivity contribution in [3.63, 3.8) is 0 Å². The van der Waals surface area contributed by atoms with Crippen LogP contribution >= 0.6 is 0 Å². The molecular formula is C10H20O5. The maximum absolute atomic E-state index is 11.2. The molecule has 0 N–H and O–H groups in total. The Balaban J connectivity index is 3.40. The van der Waals surface area contributed by atoms with Crippen LogP contribution in [0.2, 0.25) is 0 Å². The summed E-state index contributed by atoms with van der Waals surface area (Å²) < 4.78 is 19.8. The number of carbonyl (C=O) groups excluding carboxylic acids is 1. The lowest BCUT2D eigenvalue weighted by atomic mass is 10.3. The monoisotopic (exact) mass is 220 g/mol. The van der Waals surface area contributed by atoms with E-state index in [0.717, 1.165) is 0 Å². The predicted octanol–water partition coefficient (Wildman–Crippen LogP) is 0.618. The van der Waals surface area contributed by atoms with E-state index < -0.39 is 0 Å². The molecule has 0 aliphatic carbocycles. The van der Waals surface area contributed by atoms with E-state index in [-0.39, 0.29) is 18.5 Å². The number of carbonyl (C=O) groups is 1. The summed E-state index contributed by atoms with van der Waals surface area (Å²) in [6, 6.07) is 0. The minimum atomic E-state index is -0.267. The lowest BCUT2D eigenvalue weighted by molar-refractivity contribution is -0.148. The first-order valence-corrected chi connectivity index (χ1v) is 4.95. The molecule has 0 spiro atoms. The van der Waals surface area contributed by atoms with Crippen molar-refractivity contribution in [3.8, 4) is 0 Å². The largest absolute Gasteiger partial charge is 0.463 e. The van der Waals surface area contributed by atoms with Crippen LogP contribution in [0.3, 0.4) is 0 Å². The van der Waals surface area contributed by atoms with Gasteiger partial charge in [-0.25, -0.2) is 0 Å². The first kappa shape index (κ1) is 14.3. The highest BCUT2D eigenvalue weighted by molar-refractivity contribution is 5.69. The normalized spacial score (nSPS) is 12.5. The van der Waals surface area contributed by atoms with E-state index >= 15 is 0 Å². The standard InChI is InChI=1S/C10H20O5/c1-9(14-6-4-12-2)8-10(11)15-7-5-13-3/h9H,4-8H2,1-3H3. The van der Waals surface area contributed by atoms with Crippen molar-refractivity contribution in [1.29, 1.82) is 0 Å². The van der Waals surface area contributed by atoms with Gasteiger partial charge in [-0.15, -0.1) is 0 Å². The van der Waals surface area contributed by atoms with Gasteiger partial charge in [0, 0.05) is 14.2 Å². The fraction of sp³-hybridized carbons (Fsp3) is 0.900. The van der Waals surface area contributed by atoms with Crippen molar-refractivity contribution in [1.82, 2.24) is 0 Å². The molecule has 0 fully saturated rings. The molecule has 0 saturated carbocycles. The molecule has 0 radical (unpaired) electrons. The van der Waals surface area contributed by atoms with Gasteiger partial charge in [0.2, 0.25) is 0 Å². The molecule has 0 amide bonds. The lowest BCUT2D eigenvalue weighted by Crippen LogP contribution is -2.19. The van der Waals surface area contributed by atoms with Crippen molar-refractivity contribution in [2.75, 3.05) is 40.6 Å². The van der Waals surface area contributed by atoms with Crippen LogP contribution in [-0.2, 0) is 23.7 Å². The molecule has 0 aliphatic rings. The van der Waals surface area contributed by atoms with E-state index in [1.807, 2.05) is 6.92 Å². The number of esters is 1. The first-order chi connectivity index (χ1) is 7.20. The molecule has 0 aliphatic heterocycles. The van der Waals surface area contributed by atoms with Gasteiger partial charge in [-0.05, 0) is 6.92 Å². The quantitative estimate of drug-likeness (QED) is 0.421. The molecule has 1 unspecified atom stereocenters. The van der Waals surface area contributed by atoms with E-state index in [0.29, 0.717) is 26.4 Å². The second-order valence-corrected chi connectivity index (χ2v) is 3.09. The van der Waals surface area contributed by atoms with Crippen molar-refractivity contribution in [2.45, 2.75) is 19.4 Å². The SMILES string of the molecule is COCCOC(=O)CC(C)OCCOC. The van der Waals surface area contributed by atoms with Gasteiger partial charge in [-0.3, -0.25) is 4.79 Å². The third-order valence-corrected chi connectivity index (χ3v) is 1.69. The van der Waals surface area contributed by atoms with Gasteiger partial charge >= 0.3 is 5.97 Å². The Kier molecular flexibility index (Phi) is 9.46. The number of methoxy groups -OCH3 is 2. The van der Waals surface area contributed by atoms with Crippen LogP contribution in [0.4, 0.5) is 0 Å². The average molecular weight is 220 g/mol. The van der Waals surface area contributed by atoms with Gasteiger partial charge in [0.05, 0.1) is 32.3 Å². The zero-order valence-corrected chi connectivity index (χ0v) is 9.65. The Morgan fingerprint density at radius 2 is 1.67 bits per heavy atom. The summed E-state index contributed by atoms with van der Waals surface area (Å²) >= 11 is 0. The Labute approximate surface area is 90.6 Å². The van der Waals surface area contributed by atoms with Crippen LogP contribution in [-0.4, -0.2) is 52.7 Å². The Hall–Kier alpha value is -0.650. The van der Waals surface area contributed by atoms with Gasteiger partial charge in [0.15, 0.2) is 0 Å². The summed E-state index contributed by atoms with van der Waals surface area (Å²) in [4.78, 5) is 11.2. The highest BCUT2D eigenvalue weighted by Crippen LogP contribution is 1.99. The van der Waals surface area contributed by atoms with E-state index in [4.69, 9.17) is 18.9 Å². The molecule has 0 saturated heterocycles. The van der Waals surface area contributed by atoms with Crippen LogP contribution in [0.15, 0.2) is 0 Å². The van der Waals surface area contributed by atoms with Crippen LogP contribution in [0.1, 0.15) is 13.3 Å². The molecule has 90 valence electrons. The molecule has 0 aromatic heterocycles. The molecule has 15 heavy (non-hydrogen) atoms. The molecule has 0 heterocycles. The zero-order chi connectivity index (χ0) is 11.5. The maximum Gasteiger partial charge on any atom is 0.308 e. The van der Waals surface area contributed by atoms with Gasteiger partial charge in [-0.1, -0.05) is 0 Å². The second kappa shape index (κ2) is 9.89. The molecule has 0 bridgehead atoms. The van der Waals surface area contributed by atoms with E-state index in [2.05, 4.69) is 0 Å². The van der Waals surface area contributed by atoms with Crippen molar-refractivity contribution >= 4 is 5.97 Å². The summed E-state index contributed by atoms with van der Waals surface area (Å²) in [5.74, 6) is -0.267. The fourth-order valence-electron chi connectivity index (χ4n) is 0.924. The highest BCUT2D eigenvalue weighted by atomic mass is 16.6. The molecule has 0 aromatic rings. The average Bonchev–Trinajstić information content (AvgIpc) is 2.18. The van der Waals surface area contributed by atoms with Gasteiger partial charge in [0.25, 0.3) is 0 Å². The highest BCUT2D eigenvalue weighted by Gasteiger charge is 2.10. The Bertz CT molecular complexity index is 160. The third kappa shape index (κ3) is 9.65. The summed E-state index contributed by atoms with van der Waals surface area (Å²) in [5, 5.41) is 0. The fourth-order valence-corrected chi connectivity index (χ4v) is 0.924. The molecule has 5 heteroatoms. The first-order valence-electron chi connectivity index (χ1n) is 4.95. The van der Waals surface area contributed by atoms with Crippen molar-refractivity contribution in [3.05, 3.63) is 0 Å². The topological polar surface area (TPSA) is 54.0 Å². The van der Waals surface area contributed by atoms with Crippen molar-refractivity contribution in [2.24, 2.45) is 0 Å². The summed E-state index contributed by atoms with van der Waals surface area (Å²) in [6.45, 7) is 3.56. The van der Waals surface area contributed by atoms with Gasteiger partial charge in [-0.2, -0.15) is 0 Å². The third-order valence-electron chi connectivity index (χ3n) is 1.69. The van der Waals surface area contributed by atoms with E-state index in [9.17, 15) is 4.79 Å². The Morgan fingerprint density at radius 1 is 1.07 bits per heavy atom. The molecule has 0 aromatic carbocycles. The molecule has 1 atom stereocenters. The minimum Gasteiger partial charge on any atom is -0.463 e. The number of rotatable bonds is 9. The lowest BCUT2D eigenvalue weighted by Gasteiger charge is -2.12. The Morgan fingerprint density at radius 3 is 2.27 bits per heavy atom. The minimum absolute atomic E-state index is 0.143. The summed E-state index contributed by atoms with van der Waals surface area (Å²) in [5.41, 5.74) is 0. The van der Waals surface area contributed by atoms with Crippen molar-refractivity contribution < 1.29 is 23.7 Å².